The number of nitriles is 1. The van der Waals surface area contributed by atoms with Crippen molar-refractivity contribution in [2.45, 2.75) is 18.3 Å². The van der Waals surface area contributed by atoms with E-state index in [0.29, 0.717) is 29.4 Å². The minimum absolute atomic E-state index is 0.00672. The lowest BCUT2D eigenvalue weighted by Crippen LogP contribution is -2.48. The summed E-state index contributed by atoms with van der Waals surface area (Å²) in [6.07, 6.45) is 0.429. The molecule has 0 spiro atoms. The Morgan fingerprint density at radius 2 is 1.42 bits per heavy atom. The van der Waals surface area contributed by atoms with Crippen LogP contribution in [-0.4, -0.2) is 27.2 Å². The molecule has 6 nitrogen and oxygen atoms in total. The van der Waals surface area contributed by atoms with Crippen LogP contribution in [0.3, 0.4) is 0 Å². The standard InChI is InChI=1S/C27H24N2O4/c1-31-22-12-16(13-23(32-2)25(22)33-3)29-26(30)27(15-28)14-21-17-8-4-6-10-19(17)24(27)20-11-7-5-9-18(20)21/h4-13,21,24H,14H2,1-3H3,(H,29,30). The van der Waals surface area contributed by atoms with E-state index in [4.69, 9.17) is 14.2 Å². The zero-order chi connectivity index (χ0) is 23.2. The van der Waals surface area contributed by atoms with Crippen LogP contribution >= 0.6 is 0 Å². The number of anilines is 1. The summed E-state index contributed by atoms with van der Waals surface area (Å²) < 4.78 is 16.2. The average molecular weight is 440 g/mol. The van der Waals surface area contributed by atoms with Crippen molar-refractivity contribution in [3.8, 4) is 23.3 Å². The van der Waals surface area contributed by atoms with Gasteiger partial charge in [-0.05, 0) is 28.7 Å². The zero-order valence-electron chi connectivity index (χ0n) is 18.7. The number of carbonyl (C=O) groups excluding carboxylic acids is 1. The normalized spacial score (nSPS) is 21.9. The number of benzene rings is 3. The Morgan fingerprint density at radius 3 is 1.88 bits per heavy atom. The molecular weight excluding hydrogens is 416 g/mol. The van der Waals surface area contributed by atoms with Crippen LogP contribution in [0.4, 0.5) is 5.69 Å². The Hall–Kier alpha value is -3.98. The van der Waals surface area contributed by atoms with Gasteiger partial charge in [0.2, 0.25) is 11.7 Å². The smallest absolute Gasteiger partial charge is 0.245 e. The van der Waals surface area contributed by atoms with Crippen LogP contribution in [0.15, 0.2) is 60.7 Å². The van der Waals surface area contributed by atoms with Gasteiger partial charge in [-0.2, -0.15) is 5.26 Å². The molecule has 33 heavy (non-hydrogen) atoms. The molecule has 0 radical (unpaired) electrons. The highest BCUT2D eigenvalue weighted by molar-refractivity contribution is 6.00. The fourth-order valence-electron chi connectivity index (χ4n) is 5.49. The van der Waals surface area contributed by atoms with Crippen LogP contribution in [0, 0.1) is 16.7 Å². The second kappa shape index (κ2) is 7.86. The van der Waals surface area contributed by atoms with Gasteiger partial charge in [0.1, 0.15) is 5.41 Å². The van der Waals surface area contributed by atoms with Gasteiger partial charge < -0.3 is 19.5 Å². The van der Waals surface area contributed by atoms with Crippen LogP contribution in [0.25, 0.3) is 0 Å². The van der Waals surface area contributed by atoms with E-state index < -0.39 is 5.41 Å². The number of ether oxygens (including phenoxy) is 3. The summed E-state index contributed by atoms with van der Waals surface area (Å²) in [5.74, 6) is 0.610. The quantitative estimate of drug-likeness (QED) is 0.614. The third-order valence-corrected chi connectivity index (χ3v) is 6.91. The summed E-state index contributed by atoms with van der Waals surface area (Å²) in [7, 11) is 4.57. The fourth-order valence-corrected chi connectivity index (χ4v) is 5.49. The van der Waals surface area contributed by atoms with Gasteiger partial charge >= 0.3 is 0 Å². The molecule has 3 aromatic rings. The van der Waals surface area contributed by atoms with E-state index >= 15 is 0 Å². The number of methoxy groups -OCH3 is 3. The van der Waals surface area contributed by atoms with Crippen LogP contribution in [0.2, 0.25) is 0 Å². The summed E-state index contributed by atoms with van der Waals surface area (Å²) in [4.78, 5) is 13.8. The van der Waals surface area contributed by atoms with Crippen molar-refractivity contribution in [3.63, 3.8) is 0 Å². The van der Waals surface area contributed by atoms with Gasteiger partial charge in [0.15, 0.2) is 11.5 Å². The van der Waals surface area contributed by atoms with Crippen molar-refractivity contribution in [1.82, 2.24) is 0 Å². The van der Waals surface area contributed by atoms with E-state index in [-0.39, 0.29) is 17.7 Å². The Labute approximate surface area is 192 Å². The maximum absolute atomic E-state index is 13.8. The van der Waals surface area contributed by atoms with Gasteiger partial charge in [-0.3, -0.25) is 4.79 Å². The number of nitrogens with zero attached hydrogens (tertiary/aromatic N) is 1. The van der Waals surface area contributed by atoms with Crippen molar-refractivity contribution in [2.75, 3.05) is 26.6 Å². The predicted molar refractivity (Wildman–Crippen MR) is 124 cm³/mol. The molecule has 166 valence electrons. The predicted octanol–water partition coefficient (Wildman–Crippen LogP) is 4.84. The van der Waals surface area contributed by atoms with E-state index in [1.165, 1.54) is 32.5 Å². The van der Waals surface area contributed by atoms with Crippen molar-refractivity contribution in [1.29, 1.82) is 5.26 Å². The first-order valence-corrected chi connectivity index (χ1v) is 10.8. The molecule has 1 atom stereocenters. The average Bonchev–Trinajstić information content (AvgIpc) is 2.87. The molecule has 0 fully saturated rings. The highest BCUT2D eigenvalue weighted by Crippen LogP contribution is 2.61. The first kappa shape index (κ1) is 20.9. The number of hydrogen-bond donors (Lipinski definition) is 1. The van der Waals surface area contributed by atoms with Gasteiger partial charge in [0.05, 0.1) is 27.4 Å². The molecule has 0 saturated carbocycles. The molecule has 2 bridgehead atoms. The summed E-state index contributed by atoms with van der Waals surface area (Å²) in [6, 6.07) is 22.1. The topological polar surface area (TPSA) is 80.6 Å². The van der Waals surface area contributed by atoms with Gasteiger partial charge in [-0.25, -0.2) is 0 Å². The molecular formula is C27H24N2O4. The zero-order valence-corrected chi connectivity index (χ0v) is 18.7. The van der Waals surface area contributed by atoms with E-state index in [0.717, 1.165) is 11.1 Å². The van der Waals surface area contributed by atoms with Crippen LogP contribution in [0.5, 0.6) is 17.2 Å². The molecule has 6 rings (SSSR count). The molecule has 0 heterocycles. The summed E-state index contributed by atoms with van der Waals surface area (Å²) in [5, 5.41) is 13.4. The molecule has 1 unspecified atom stereocenters. The van der Waals surface area contributed by atoms with E-state index in [1.54, 1.807) is 12.1 Å². The molecule has 3 aromatic carbocycles. The van der Waals surface area contributed by atoms with Crippen LogP contribution in [-0.2, 0) is 4.79 Å². The van der Waals surface area contributed by atoms with Crippen molar-refractivity contribution in [2.24, 2.45) is 5.41 Å². The number of hydrogen-bond acceptors (Lipinski definition) is 5. The van der Waals surface area contributed by atoms with Crippen molar-refractivity contribution >= 4 is 11.6 Å². The summed E-state index contributed by atoms with van der Waals surface area (Å²) in [5.41, 5.74) is 3.74. The van der Waals surface area contributed by atoms with Gasteiger partial charge in [0.25, 0.3) is 0 Å². The number of carbonyl (C=O) groups is 1. The molecule has 6 heteroatoms. The summed E-state index contributed by atoms with van der Waals surface area (Å²) >= 11 is 0. The van der Waals surface area contributed by atoms with E-state index in [9.17, 15) is 10.1 Å². The Balaban J connectivity index is 1.60. The molecule has 1 N–H and O–H groups in total. The van der Waals surface area contributed by atoms with Crippen LogP contribution in [0.1, 0.15) is 40.5 Å². The van der Waals surface area contributed by atoms with Gasteiger partial charge in [-0.1, -0.05) is 48.5 Å². The largest absolute Gasteiger partial charge is 0.493 e. The molecule has 0 saturated heterocycles. The SMILES string of the molecule is COc1cc(NC(=O)C2(C#N)CC3c4ccccc4C2c2ccccc23)cc(OC)c1OC. The first-order chi connectivity index (χ1) is 16.1. The Kier molecular flexibility index (Phi) is 4.98. The number of rotatable bonds is 5. The molecule has 3 aliphatic rings. The first-order valence-electron chi connectivity index (χ1n) is 10.8. The Morgan fingerprint density at radius 1 is 0.909 bits per heavy atom. The maximum Gasteiger partial charge on any atom is 0.245 e. The molecule has 0 aromatic heterocycles. The maximum atomic E-state index is 13.8. The second-order valence-electron chi connectivity index (χ2n) is 8.40. The molecule has 3 aliphatic carbocycles. The number of fused-ring (bicyclic) bond motifs is 1. The lowest BCUT2D eigenvalue weighted by atomic mass is 9.52. The van der Waals surface area contributed by atoms with E-state index in [2.05, 4.69) is 23.5 Å². The third kappa shape index (κ3) is 2.96. The monoisotopic (exact) mass is 440 g/mol. The number of amides is 1. The van der Waals surface area contributed by atoms with E-state index in [1.807, 2.05) is 36.4 Å². The molecule has 0 aliphatic heterocycles. The highest BCUT2D eigenvalue weighted by Gasteiger charge is 2.57. The minimum atomic E-state index is -1.24. The molecule has 1 amide bonds. The summed E-state index contributed by atoms with van der Waals surface area (Å²) in [6.45, 7) is 0. The lowest BCUT2D eigenvalue weighted by Gasteiger charge is -2.48. The Bertz CT molecular complexity index is 1220. The fraction of sp³-hybridized carbons (Fsp3) is 0.259. The minimum Gasteiger partial charge on any atom is -0.493 e. The van der Waals surface area contributed by atoms with Gasteiger partial charge in [0, 0.05) is 29.7 Å². The van der Waals surface area contributed by atoms with Crippen LogP contribution < -0.4 is 19.5 Å². The lowest BCUT2D eigenvalue weighted by molar-refractivity contribution is -0.124. The second-order valence-corrected chi connectivity index (χ2v) is 8.40. The number of nitrogens with one attached hydrogen (secondary N) is 1. The van der Waals surface area contributed by atoms with Gasteiger partial charge in [-0.15, -0.1) is 0 Å². The highest BCUT2D eigenvalue weighted by atomic mass is 16.5. The third-order valence-electron chi connectivity index (χ3n) is 6.91. The van der Waals surface area contributed by atoms with Crippen molar-refractivity contribution in [3.05, 3.63) is 82.9 Å². The van der Waals surface area contributed by atoms with Crippen molar-refractivity contribution < 1.29 is 19.0 Å².